The minimum Gasteiger partial charge on any atom is -0.396 e. The number of rotatable bonds is 2. The van der Waals surface area contributed by atoms with Gasteiger partial charge in [-0.2, -0.15) is 5.10 Å². The van der Waals surface area contributed by atoms with Crippen molar-refractivity contribution >= 4 is 17.3 Å². The number of H-pyrrole nitrogens is 1. The van der Waals surface area contributed by atoms with Gasteiger partial charge in [0.2, 0.25) is 0 Å². The molecular formula is C10H9FN4O. The van der Waals surface area contributed by atoms with E-state index < -0.39 is 11.7 Å². The van der Waals surface area contributed by atoms with Gasteiger partial charge in [0.25, 0.3) is 5.91 Å². The van der Waals surface area contributed by atoms with E-state index in [2.05, 4.69) is 15.5 Å². The monoisotopic (exact) mass is 220 g/mol. The second kappa shape index (κ2) is 4.01. The SMILES string of the molecule is Nc1cn[nH]c1C(=O)Nc1ccccc1F. The highest BCUT2D eigenvalue weighted by molar-refractivity contribution is 6.06. The molecule has 1 heterocycles. The third kappa shape index (κ3) is 1.85. The molecule has 0 radical (unpaired) electrons. The third-order valence-electron chi connectivity index (χ3n) is 2.02. The van der Waals surface area contributed by atoms with E-state index in [-0.39, 0.29) is 17.1 Å². The van der Waals surface area contributed by atoms with Crippen LogP contribution in [-0.4, -0.2) is 16.1 Å². The zero-order chi connectivity index (χ0) is 11.5. The van der Waals surface area contributed by atoms with Gasteiger partial charge in [-0.3, -0.25) is 9.89 Å². The van der Waals surface area contributed by atoms with Gasteiger partial charge in [0, 0.05) is 0 Å². The Hall–Kier alpha value is -2.37. The number of para-hydroxylation sites is 1. The van der Waals surface area contributed by atoms with Crippen molar-refractivity contribution in [2.45, 2.75) is 0 Å². The van der Waals surface area contributed by atoms with Gasteiger partial charge in [0.1, 0.15) is 11.5 Å². The molecular weight excluding hydrogens is 211 g/mol. The Kier molecular flexibility index (Phi) is 2.55. The Balaban J connectivity index is 2.21. The molecule has 0 bridgehead atoms. The summed E-state index contributed by atoms with van der Waals surface area (Å²) in [5, 5.41) is 8.43. The van der Waals surface area contributed by atoms with E-state index in [0.717, 1.165) is 0 Å². The third-order valence-corrected chi connectivity index (χ3v) is 2.02. The van der Waals surface area contributed by atoms with E-state index in [4.69, 9.17) is 5.73 Å². The maximum Gasteiger partial charge on any atom is 0.275 e. The number of nitrogens with one attached hydrogen (secondary N) is 2. The lowest BCUT2D eigenvalue weighted by molar-refractivity contribution is 0.102. The molecule has 0 saturated heterocycles. The molecule has 0 unspecified atom stereocenters. The van der Waals surface area contributed by atoms with Gasteiger partial charge in [-0.15, -0.1) is 0 Å². The lowest BCUT2D eigenvalue weighted by atomic mass is 10.3. The fourth-order valence-corrected chi connectivity index (χ4v) is 1.22. The molecule has 4 N–H and O–H groups in total. The molecule has 1 amide bonds. The Morgan fingerprint density at radius 1 is 1.44 bits per heavy atom. The van der Waals surface area contributed by atoms with Crippen LogP contribution >= 0.6 is 0 Å². The van der Waals surface area contributed by atoms with Crippen LogP contribution in [0.1, 0.15) is 10.5 Å². The predicted molar refractivity (Wildman–Crippen MR) is 57.4 cm³/mol. The maximum absolute atomic E-state index is 13.2. The molecule has 0 spiro atoms. The van der Waals surface area contributed by atoms with Crippen LogP contribution in [0.3, 0.4) is 0 Å². The number of hydrogen-bond acceptors (Lipinski definition) is 3. The van der Waals surface area contributed by atoms with E-state index in [1.165, 1.54) is 24.4 Å². The number of benzene rings is 1. The maximum atomic E-state index is 13.2. The van der Waals surface area contributed by atoms with Crippen molar-refractivity contribution in [3.63, 3.8) is 0 Å². The summed E-state index contributed by atoms with van der Waals surface area (Å²) in [5.74, 6) is -1.03. The molecule has 6 heteroatoms. The molecule has 82 valence electrons. The second-order valence-corrected chi connectivity index (χ2v) is 3.13. The summed E-state index contributed by atoms with van der Waals surface area (Å²) in [7, 11) is 0. The van der Waals surface area contributed by atoms with Crippen molar-refractivity contribution in [1.82, 2.24) is 10.2 Å². The highest BCUT2D eigenvalue weighted by atomic mass is 19.1. The van der Waals surface area contributed by atoms with Crippen LogP contribution in [0, 0.1) is 5.82 Å². The molecule has 0 aliphatic carbocycles. The molecule has 16 heavy (non-hydrogen) atoms. The van der Waals surface area contributed by atoms with Gasteiger partial charge in [-0.1, -0.05) is 12.1 Å². The summed E-state index contributed by atoms with van der Waals surface area (Å²) in [4.78, 5) is 11.6. The van der Waals surface area contributed by atoms with Crippen LogP contribution in [0.25, 0.3) is 0 Å². The highest BCUT2D eigenvalue weighted by Gasteiger charge is 2.13. The van der Waals surface area contributed by atoms with Gasteiger partial charge in [0.05, 0.1) is 17.6 Å². The van der Waals surface area contributed by atoms with Crippen LogP contribution in [0.2, 0.25) is 0 Å². The standard InChI is InChI=1S/C10H9FN4O/c11-6-3-1-2-4-8(6)14-10(16)9-7(12)5-13-15-9/h1-5H,12H2,(H,13,15)(H,14,16). The number of anilines is 2. The number of hydrogen-bond donors (Lipinski definition) is 3. The van der Waals surface area contributed by atoms with Crippen molar-refractivity contribution < 1.29 is 9.18 Å². The highest BCUT2D eigenvalue weighted by Crippen LogP contribution is 2.15. The van der Waals surface area contributed by atoms with Crippen LogP contribution < -0.4 is 11.1 Å². The van der Waals surface area contributed by atoms with Gasteiger partial charge >= 0.3 is 0 Å². The van der Waals surface area contributed by atoms with Gasteiger partial charge in [0.15, 0.2) is 0 Å². The van der Waals surface area contributed by atoms with Gasteiger partial charge < -0.3 is 11.1 Å². The Morgan fingerprint density at radius 3 is 2.81 bits per heavy atom. The van der Waals surface area contributed by atoms with Crippen LogP contribution in [0.4, 0.5) is 15.8 Å². The van der Waals surface area contributed by atoms with Crippen molar-refractivity contribution in [2.75, 3.05) is 11.1 Å². The van der Waals surface area contributed by atoms with E-state index in [9.17, 15) is 9.18 Å². The van der Waals surface area contributed by atoms with Crippen molar-refractivity contribution in [3.05, 3.63) is 42.0 Å². The minimum absolute atomic E-state index is 0.0986. The Labute approximate surface area is 90.5 Å². The topological polar surface area (TPSA) is 83.8 Å². The van der Waals surface area contributed by atoms with E-state index in [0.29, 0.717) is 0 Å². The van der Waals surface area contributed by atoms with E-state index >= 15 is 0 Å². The molecule has 0 aliphatic heterocycles. The fraction of sp³-hybridized carbons (Fsp3) is 0. The molecule has 2 rings (SSSR count). The zero-order valence-corrected chi connectivity index (χ0v) is 8.20. The number of carbonyl (C=O) groups excluding carboxylic acids is 1. The first kappa shape index (κ1) is 10.2. The van der Waals surface area contributed by atoms with Crippen LogP contribution in [0.5, 0.6) is 0 Å². The molecule has 0 fully saturated rings. The number of aromatic nitrogens is 2. The van der Waals surface area contributed by atoms with Crippen LogP contribution in [-0.2, 0) is 0 Å². The zero-order valence-electron chi connectivity index (χ0n) is 8.20. The molecule has 5 nitrogen and oxygen atoms in total. The molecule has 0 aliphatic rings. The normalized spacial score (nSPS) is 10.1. The van der Waals surface area contributed by atoms with Gasteiger partial charge in [-0.25, -0.2) is 4.39 Å². The van der Waals surface area contributed by atoms with Crippen molar-refractivity contribution in [3.8, 4) is 0 Å². The lowest BCUT2D eigenvalue weighted by Crippen LogP contribution is -2.15. The summed E-state index contributed by atoms with van der Waals surface area (Å²) < 4.78 is 13.2. The summed E-state index contributed by atoms with van der Waals surface area (Å²) >= 11 is 0. The lowest BCUT2D eigenvalue weighted by Gasteiger charge is -2.04. The molecule has 0 saturated carbocycles. The number of nitrogen functional groups attached to an aromatic ring is 1. The first-order valence-electron chi connectivity index (χ1n) is 4.53. The van der Waals surface area contributed by atoms with Crippen molar-refractivity contribution in [2.24, 2.45) is 0 Å². The Bertz CT molecular complexity index is 523. The minimum atomic E-state index is -0.528. The average Bonchev–Trinajstić information content (AvgIpc) is 2.68. The van der Waals surface area contributed by atoms with E-state index in [1.54, 1.807) is 6.07 Å². The predicted octanol–water partition coefficient (Wildman–Crippen LogP) is 1.38. The number of amides is 1. The summed E-state index contributed by atoms with van der Waals surface area (Å²) in [6.07, 6.45) is 1.32. The fourth-order valence-electron chi connectivity index (χ4n) is 1.22. The first-order chi connectivity index (χ1) is 7.68. The first-order valence-corrected chi connectivity index (χ1v) is 4.53. The number of aromatic amines is 1. The smallest absolute Gasteiger partial charge is 0.275 e. The average molecular weight is 220 g/mol. The summed E-state index contributed by atoms with van der Waals surface area (Å²) in [6.45, 7) is 0. The Morgan fingerprint density at radius 2 is 2.19 bits per heavy atom. The number of nitrogens with two attached hydrogens (primary N) is 1. The second-order valence-electron chi connectivity index (χ2n) is 3.13. The molecule has 1 aromatic carbocycles. The van der Waals surface area contributed by atoms with Gasteiger partial charge in [-0.05, 0) is 12.1 Å². The largest absolute Gasteiger partial charge is 0.396 e. The quantitative estimate of drug-likeness (QED) is 0.714. The van der Waals surface area contributed by atoms with E-state index in [1.807, 2.05) is 0 Å². The summed E-state index contributed by atoms with van der Waals surface area (Å²) in [5.41, 5.74) is 5.91. The molecule has 2 aromatic rings. The summed E-state index contributed by atoms with van der Waals surface area (Å²) in [6, 6.07) is 5.87. The molecule has 1 aromatic heterocycles. The number of halogens is 1. The molecule has 0 atom stereocenters. The van der Waals surface area contributed by atoms with Crippen LogP contribution in [0.15, 0.2) is 30.5 Å². The number of carbonyl (C=O) groups is 1. The van der Waals surface area contributed by atoms with Crippen molar-refractivity contribution in [1.29, 1.82) is 0 Å². The number of nitrogens with zero attached hydrogens (tertiary/aromatic N) is 1.